The molecule has 5 nitrogen and oxygen atoms in total. The van der Waals surface area contributed by atoms with Gasteiger partial charge in [0.2, 0.25) is 0 Å². The average molecular weight is 261 g/mol. The van der Waals surface area contributed by atoms with E-state index in [-0.39, 0.29) is 0 Å². The third-order valence-corrected chi connectivity index (χ3v) is 1.95. The van der Waals surface area contributed by atoms with E-state index in [1.165, 1.54) is 13.8 Å². The van der Waals surface area contributed by atoms with Crippen LogP contribution in [0.15, 0.2) is 11.9 Å². The zero-order valence-corrected chi connectivity index (χ0v) is 11.3. The van der Waals surface area contributed by atoms with Crippen LogP contribution in [0.1, 0.15) is 34.6 Å². The molecule has 0 spiro atoms. The lowest BCUT2D eigenvalue weighted by Gasteiger charge is -2.21. The van der Waals surface area contributed by atoms with Gasteiger partial charge in [0.05, 0.1) is 12.0 Å². The van der Waals surface area contributed by atoms with E-state index < -0.39 is 35.5 Å². The minimum Gasteiger partial charge on any atom is -0.481 e. The first-order chi connectivity index (χ1) is 8.03. The number of alkyl carbamates (subject to hydrolysis) is 1. The van der Waals surface area contributed by atoms with Crippen molar-refractivity contribution in [2.75, 3.05) is 0 Å². The minimum atomic E-state index is -1.13. The van der Waals surface area contributed by atoms with Gasteiger partial charge in [-0.2, -0.15) is 0 Å². The molecule has 104 valence electrons. The second-order valence-electron chi connectivity index (χ2n) is 5.05. The Balaban J connectivity index is 4.45. The third kappa shape index (κ3) is 6.88. The maximum atomic E-state index is 13.5. The third-order valence-electron chi connectivity index (χ3n) is 1.95. The van der Waals surface area contributed by atoms with E-state index in [9.17, 15) is 14.0 Å². The number of carboxylic acid groups (broad SMARTS) is 1. The van der Waals surface area contributed by atoms with Gasteiger partial charge in [-0.05, 0) is 40.7 Å². The maximum Gasteiger partial charge on any atom is 0.408 e. The quantitative estimate of drug-likeness (QED) is 0.815. The number of amides is 1. The fourth-order valence-electron chi connectivity index (χ4n) is 1.01. The molecule has 0 aromatic carbocycles. The van der Waals surface area contributed by atoms with Gasteiger partial charge in [0.1, 0.15) is 11.4 Å². The Kier molecular flexibility index (Phi) is 5.81. The van der Waals surface area contributed by atoms with Crippen molar-refractivity contribution in [2.24, 2.45) is 5.92 Å². The van der Waals surface area contributed by atoms with Crippen LogP contribution in [-0.4, -0.2) is 28.8 Å². The summed E-state index contributed by atoms with van der Waals surface area (Å²) in [4.78, 5) is 21.9. The standard InChI is InChI=1S/C12H20FNO4/c1-7(10(15)16)6-9(13)8(2)14-11(17)18-12(3,4)5/h6-8H,1-5H3,(H,14,17)(H,15,16). The van der Waals surface area contributed by atoms with Crippen LogP contribution in [0.25, 0.3) is 0 Å². The summed E-state index contributed by atoms with van der Waals surface area (Å²) in [7, 11) is 0. The predicted octanol–water partition coefficient (Wildman–Crippen LogP) is 2.47. The van der Waals surface area contributed by atoms with Crippen molar-refractivity contribution in [3.63, 3.8) is 0 Å². The monoisotopic (exact) mass is 261 g/mol. The first kappa shape index (κ1) is 16.4. The Morgan fingerprint density at radius 3 is 2.22 bits per heavy atom. The van der Waals surface area contributed by atoms with Crippen LogP contribution in [0.3, 0.4) is 0 Å². The highest BCUT2D eigenvalue weighted by atomic mass is 19.1. The second kappa shape index (κ2) is 6.37. The molecule has 0 aliphatic rings. The van der Waals surface area contributed by atoms with Crippen LogP contribution in [-0.2, 0) is 9.53 Å². The molecule has 0 aliphatic heterocycles. The lowest BCUT2D eigenvalue weighted by molar-refractivity contribution is -0.139. The molecule has 0 fully saturated rings. The van der Waals surface area contributed by atoms with E-state index >= 15 is 0 Å². The minimum absolute atomic E-state index is 0.668. The summed E-state index contributed by atoms with van der Waals surface area (Å²) in [6.07, 6.45) is 0.200. The van der Waals surface area contributed by atoms with Gasteiger partial charge in [0.25, 0.3) is 0 Å². The van der Waals surface area contributed by atoms with Crippen LogP contribution in [0.5, 0.6) is 0 Å². The normalized spacial score (nSPS) is 15.8. The molecule has 0 bridgehead atoms. The lowest BCUT2D eigenvalue weighted by atomic mass is 10.1. The van der Waals surface area contributed by atoms with Gasteiger partial charge in [0.15, 0.2) is 0 Å². The van der Waals surface area contributed by atoms with E-state index in [0.29, 0.717) is 0 Å². The van der Waals surface area contributed by atoms with Gasteiger partial charge in [-0.1, -0.05) is 0 Å². The van der Waals surface area contributed by atoms with Gasteiger partial charge >= 0.3 is 12.1 Å². The zero-order chi connectivity index (χ0) is 14.5. The molecule has 0 aromatic rings. The van der Waals surface area contributed by atoms with Crippen molar-refractivity contribution in [3.8, 4) is 0 Å². The average Bonchev–Trinajstić information content (AvgIpc) is 2.13. The summed E-state index contributed by atoms with van der Waals surface area (Å²) in [6.45, 7) is 7.83. The molecule has 0 rings (SSSR count). The predicted molar refractivity (Wildman–Crippen MR) is 64.8 cm³/mol. The number of rotatable bonds is 4. The topological polar surface area (TPSA) is 75.6 Å². The highest BCUT2D eigenvalue weighted by Gasteiger charge is 2.20. The van der Waals surface area contributed by atoms with Crippen molar-refractivity contribution in [1.82, 2.24) is 5.32 Å². The Morgan fingerprint density at radius 2 is 1.83 bits per heavy atom. The SMILES string of the molecule is CC(C=C(F)C(C)NC(=O)OC(C)(C)C)C(=O)O. The molecule has 2 unspecified atom stereocenters. The number of ether oxygens (including phenoxy) is 1. The van der Waals surface area contributed by atoms with Crippen molar-refractivity contribution in [1.29, 1.82) is 0 Å². The molecule has 1 amide bonds. The van der Waals surface area contributed by atoms with Crippen molar-refractivity contribution in [2.45, 2.75) is 46.3 Å². The summed E-state index contributed by atoms with van der Waals surface area (Å²) in [5.41, 5.74) is -0.668. The molecule has 18 heavy (non-hydrogen) atoms. The Hall–Kier alpha value is -1.59. The Bertz CT molecular complexity index is 346. The van der Waals surface area contributed by atoms with Gasteiger partial charge in [-0.15, -0.1) is 0 Å². The van der Waals surface area contributed by atoms with E-state index in [1.54, 1.807) is 20.8 Å². The number of hydrogen-bond donors (Lipinski definition) is 2. The van der Waals surface area contributed by atoms with E-state index in [4.69, 9.17) is 9.84 Å². The van der Waals surface area contributed by atoms with Crippen molar-refractivity contribution in [3.05, 3.63) is 11.9 Å². The van der Waals surface area contributed by atoms with Gasteiger partial charge in [-0.3, -0.25) is 4.79 Å². The zero-order valence-electron chi connectivity index (χ0n) is 11.3. The molecule has 6 heteroatoms. The highest BCUT2D eigenvalue weighted by Crippen LogP contribution is 2.11. The maximum absolute atomic E-state index is 13.5. The number of carbonyl (C=O) groups is 2. The van der Waals surface area contributed by atoms with Gasteiger partial charge in [0, 0.05) is 0 Å². The molecule has 0 radical (unpaired) electrons. The number of hydrogen-bond acceptors (Lipinski definition) is 3. The molecule has 2 N–H and O–H groups in total. The lowest BCUT2D eigenvalue weighted by Crippen LogP contribution is -2.38. The molecule has 0 heterocycles. The molecular formula is C12H20FNO4. The molecule has 0 aromatic heterocycles. The summed E-state index contributed by atoms with van der Waals surface area (Å²) >= 11 is 0. The van der Waals surface area contributed by atoms with Crippen LogP contribution in [0.4, 0.5) is 9.18 Å². The van der Waals surface area contributed by atoms with Crippen LogP contribution >= 0.6 is 0 Å². The Labute approximate surface area is 106 Å². The number of halogens is 1. The smallest absolute Gasteiger partial charge is 0.408 e. The number of carbonyl (C=O) groups excluding carboxylic acids is 1. The molecule has 0 saturated heterocycles. The summed E-state index contributed by atoms with van der Waals surface area (Å²) in [6, 6.07) is -0.929. The molecule has 0 aliphatic carbocycles. The first-order valence-corrected chi connectivity index (χ1v) is 5.62. The number of aliphatic carboxylic acids is 1. The number of carboxylic acids is 1. The molecule has 2 atom stereocenters. The number of nitrogens with one attached hydrogen (secondary N) is 1. The van der Waals surface area contributed by atoms with Crippen LogP contribution in [0.2, 0.25) is 0 Å². The summed E-state index contributed by atoms with van der Waals surface area (Å²) < 4.78 is 18.5. The molecule has 0 saturated carbocycles. The molecular weight excluding hydrogens is 241 g/mol. The fraction of sp³-hybridized carbons (Fsp3) is 0.667. The van der Waals surface area contributed by atoms with Crippen molar-refractivity contribution >= 4 is 12.1 Å². The van der Waals surface area contributed by atoms with Crippen molar-refractivity contribution < 1.29 is 23.8 Å². The van der Waals surface area contributed by atoms with Gasteiger partial charge in [-0.25, -0.2) is 9.18 Å². The van der Waals surface area contributed by atoms with E-state index in [2.05, 4.69) is 5.32 Å². The largest absolute Gasteiger partial charge is 0.481 e. The summed E-state index contributed by atoms with van der Waals surface area (Å²) in [5.74, 6) is -2.79. The fourth-order valence-corrected chi connectivity index (χ4v) is 1.01. The Morgan fingerprint density at radius 1 is 1.33 bits per heavy atom. The first-order valence-electron chi connectivity index (χ1n) is 5.62. The van der Waals surface area contributed by atoms with Crippen LogP contribution in [0, 0.1) is 5.92 Å². The summed E-state index contributed by atoms with van der Waals surface area (Å²) in [5, 5.41) is 10.9. The van der Waals surface area contributed by atoms with E-state index in [0.717, 1.165) is 6.08 Å². The van der Waals surface area contributed by atoms with Gasteiger partial charge < -0.3 is 15.2 Å². The second-order valence-corrected chi connectivity index (χ2v) is 5.05. The highest BCUT2D eigenvalue weighted by molar-refractivity contribution is 5.72. The van der Waals surface area contributed by atoms with Crippen LogP contribution < -0.4 is 5.32 Å². The van der Waals surface area contributed by atoms with E-state index in [1.807, 2.05) is 0 Å².